The van der Waals surface area contributed by atoms with Crippen molar-refractivity contribution in [2.75, 3.05) is 11.0 Å². The van der Waals surface area contributed by atoms with Crippen LogP contribution in [0.5, 0.6) is 11.5 Å². The van der Waals surface area contributed by atoms with Gasteiger partial charge in [-0.2, -0.15) is 13.2 Å². The van der Waals surface area contributed by atoms with Gasteiger partial charge >= 0.3 is 6.18 Å². The van der Waals surface area contributed by atoms with Crippen LogP contribution in [0.2, 0.25) is 0 Å². The highest BCUT2D eigenvalue weighted by molar-refractivity contribution is 7.99. The summed E-state index contributed by atoms with van der Waals surface area (Å²) in [6.45, 7) is -0.110. The van der Waals surface area contributed by atoms with Crippen molar-refractivity contribution >= 4 is 33.4 Å². The number of pyridine rings is 1. The maximum atomic E-state index is 15.1. The zero-order valence-corrected chi connectivity index (χ0v) is 27.0. The fraction of sp³-hybridized carbons (Fsp3) is 0.294. The maximum absolute atomic E-state index is 15.1. The summed E-state index contributed by atoms with van der Waals surface area (Å²) in [4.78, 5) is 17.8. The van der Waals surface area contributed by atoms with Crippen LogP contribution in [0.4, 0.5) is 23.2 Å². The number of hydrogen-bond acceptors (Lipinski definition) is 6. The van der Waals surface area contributed by atoms with Gasteiger partial charge in [-0.05, 0) is 66.4 Å². The quantitative estimate of drug-likeness (QED) is 0.154. The molecule has 248 valence electrons. The van der Waals surface area contributed by atoms with Crippen molar-refractivity contribution in [1.82, 2.24) is 10.3 Å². The van der Waals surface area contributed by atoms with Crippen LogP contribution in [0.15, 0.2) is 90.0 Å². The summed E-state index contributed by atoms with van der Waals surface area (Å²) >= 11 is 1.30. The number of para-hydroxylation sites is 1. The van der Waals surface area contributed by atoms with E-state index in [-0.39, 0.29) is 28.1 Å². The van der Waals surface area contributed by atoms with Crippen LogP contribution in [-0.4, -0.2) is 30.8 Å². The van der Waals surface area contributed by atoms with Crippen LogP contribution in [0.25, 0.3) is 0 Å². The van der Waals surface area contributed by atoms with Crippen LogP contribution in [0.3, 0.4) is 0 Å². The third kappa shape index (κ3) is 9.48. The molecule has 7 nitrogen and oxygen atoms in total. The molecule has 47 heavy (non-hydrogen) atoms. The minimum absolute atomic E-state index is 0.110. The van der Waals surface area contributed by atoms with Gasteiger partial charge in [0.2, 0.25) is 15.9 Å². The monoisotopic (exact) mass is 687 g/mol. The molecule has 2 N–H and O–H groups in total. The molecule has 4 aromatic rings. The van der Waals surface area contributed by atoms with Crippen molar-refractivity contribution in [3.8, 4) is 11.5 Å². The lowest BCUT2D eigenvalue weighted by atomic mass is 9.90. The normalized spacial score (nSPS) is 14.7. The molecule has 1 fully saturated rings. The SMILES string of the molecule is CS(=O)(=O)Nc1ccc(C(C(=O)NCc2ccc(C(F)(F)F)nc2SC2CCCCC2)c2ccc(Oc3ccccc3)cc2)cc1F. The minimum atomic E-state index is -4.62. The van der Waals surface area contributed by atoms with Gasteiger partial charge in [0, 0.05) is 17.4 Å². The summed E-state index contributed by atoms with van der Waals surface area (Å²) < 4.78 is 87.1. The summed E-state index contributed by atoms with van der Waals surface area (Å²) in [5, 5.41) is 3.16. The first-order valence-electron chi connectivity index (χ1n) is 15.0. The van der Waals surface area contributed by atoms with Crippen LogP contribution >= 0.6 is 11.8 Å². The van der Waals surface area contributed by atoms with Crippen LogP contribution in [-0.2, 0) is 27.5 Å². The van der Waals surface area contributed by atoms with Crippen LogP contribution in [0.1, 0.15) is 60.4 Å². The van der Waals surface area contributed by atoms with Crippen molar-refractivity contribution in [2.24, 2.45) is 0 Å². The molecule has 1 unspecified atom stereocenters. The highest BCUT2D eigenvalue weighted by Crippen LogP contribution is 2.37. The van der Waals surface area contributed by atoms with Crippen molar-refractivity contribution in [3.63, 3.8) is 0 Å². The van der Waals surface area contributed by atoms with E-state index in [9.17, 15) is 26.4 Å². The molecule has 0 bridgehead atoms. The first-order valence-corrected chi connectivity index (χ1v) is 17.7. The van der Waals surface area contributed by atoms with E-state index in [1.165, 1.54) is 30.0 Å². The number of carbonyl (C=O) groups excluding carboxylic acids is 1. The van der Waals surface area contributed by atoms with Crippen LogP contribution in [0, 0.1) is 5.82 Å². The molecule has 13 heteroatoms. The second kappa shape index (κ2) is 14.8. The number of rotatable bonds is 11. The number of nitrogens with one attached hydrogen (secondary N) is 2. The van der Waals surface area contributed by atoms with Gasteiger partial charge in [-0.15, -0.1) is 11.8 Å². The van der Waals surface area contributed by atoms with Crippen molar-refractivity contribution in [3.05, 3.63) is 113 Å². The number of hydrogen-bond donors (Lipinski definition) is 2. The van der Waals surface area contributed by atoms with Gasteiger partial charge < -0.3 is 10.1 Å². The van der Waals surface area contributed by atoms with Gasteiger partial charge in [0.1, 0.15) is 28.0 Å². The van der Waals surface area contributed by atoms with E-state index in [2.05, 4.69) is 15.0 Å². The zero-order chi connectivity index (χ0) is 33.6. The number of aromatic nitrogens is 1. The Morgan fingerprint density at radius 2 is 1.60 bits per heavy atom. The third-order valence-electron chi connectivity index (χ3n) is 7.59. The molecule has 0 saturated heterocycles. The molecule has 3 aromatic carbocycles. The molecule has 1 atom stereocenters. The number of sulfonamides is 1. The largest absolute Gasteiger partial charge is 0.457 e. The first-order chi connectivity index (χ1) is 22.4. The van der Waals surface area contributed by atoms with E-state index < -0.39 is 39.5 Å². The van der Waals surface area contributed by atoms with E-state index in [1.807, 2.05) is 18.2 Å². The number of benzene rings is 3. The van der Waals surface area contributed by atoms with Gasteiger partial charge in [0.25, 0.3) is 0 Å². The van der Waals surface area contributed by atoms with Crippen molar-refractivity contribution in [2.45, 2.75) is 61.0 Å². The van der Waals surface area contributed by atoms with E-state index >= 15 is 4.39 Å². The summed E-state index contributed by atoms with van der Waals surface area (Å²) in [5.41, 5.74) is -0.125. The molecule has 0 radical (unpaired) electrons. The number of ether oxygens (including phenoxy) is 1. The molecule has 0 spiro atoms. The Balaban J connectivity index is 1.43. The van der Waals surface area contributed by atoms with Gasteiger partial charge in [-0.1, -0.05) is 61.7 Å². The fourth-order valence-corrected chi connectivity index (χ4v) is 7.22. The molecule has 1 aromatic heterocycles. The number of alkyl halides is 3. The van der Waals surface area contributed by atoms with E-state index in [0.717, 1.165) is 50.5 Å². The fourth-order valence-electron chi connectivity index (χ4n) is 5.33. The van der Waals surface area contributed by atoms with E-state index in [1.54, 1.807) is 36.4 Å². The molecule has 1 aliphatic carbocycles. The lowest BCUT2D eigenvalue weighted by molar-refractivity contribution is -0.141. The molecule has 0 aliphatic heterocycles. The van der Waals surface area contributed by atoms with Crippen molar-refractivity contribution < 1.29 is 35.5 Å². The number of amides is 1. The van der Waals surface area contributed by atoms with Gasteiger partial charge in [-0.25, -0.2) is 17.8 Å². The minimum Gasteiger partial charge on any atom is -0.457 e. The summed E-state index contributed by atoms with van der Waals surface area (Å²) in [7, 11) is -3.76. The number of nitrogens with zero attached hydrogens (tertiary/aromatic N) is 1. The third-order valence-corrected chi connectivity index (χ3v) is 9.56. The van der Waals surface area contributed by atoms with Gasteiger partial charge in [-0.3, -0.25) is 9.52 Å². The Morgan fingerprint density at radius 3 is 2.23 bits per heavy atom. The Labute approximate surface area is 275 Å². The summed E-state index contributed by atoms with van der Waals surface area (Å²) in [6, 6.07) is 21.7. The molecule has 1 aliphatic rings. The number of anilines is 1. The molecule has 1 saturated carbocycles. The topological polar surface area (TPSA) is 97.4 Å². The van der Waals surface area contributed by atoms with E-state index in [0.29, 0.717) is 22.6 Å². The average molecular weight is 688 g/mol. The van der Waals surface area contributed by atoms with Crippen LogP contribution < -0.4 is 14.8 Å². The first kappa shape index (κ1) is 34.2. The van der Waals surface area contributed by atoms with E-state index in [4.69, 9.17) is 4.74 Å². The summed E-state index contributed by atoms with van der Waals surface area (Å²) in [5.74, 6) is -1.37. The lowest BCUT2D eigenvalue weighted by Gasteiger charge is -2.23. The predicted molar refractivity (Wildman–Crippen MR) is 173 cm³/mol. The Kier molecular flexibility index (Phi) is 10.8. The van der Waals surface area contributed by atoms with Gasteiger partial charge in [0.15, 0.2) is 0 Å². The Hall–Kier alpha value is -4.10. The molecular weight excluding hydrogens is 655 g/mol. The Bertz CT molecular complexity index is 1800. The second-order valence-corrected chi connectivity index (χ2v) is 14.3. The predicted octanol–water partition coefficient (Wildman–Crippen LogP) is 8.28. The number of carbonyl (C=O) groups is 1. The average Bonchev–Trinajstić information content (AvgIpc) is 3.02. The van der Waals surface area contributed by atoms with Crippen molar-refractivity contribution in [1.29, 1.82) is 0 Å². The number of thioether (sulfide) groups is 1. The second-order valence-electron chi connectivity index (χ2n) is 11.3. The molecule has 1 heterocycles. The lowest BCUT2D eigenvalue weighted by Crippen LogP contribution is -2.30. The highest BCUT2D eigenvalue weighted by Gasteiger charge is 2.34. The maximum Gasteiger partial charge on any atom is 0.433 e. The molecular formula is C34H33F4N3O4S2. The molecule has 5 rings (SSSR count). The standard InChI is InChI=1S/C34H33F4N3O4S2/c1-47(43,44)41-29-18-14-23(20-28(29)35)31(22-12-16-26(17-13-22)45-25-8-4-2-5-9-25)32(42)39-21-24-15-19-30(34(36,37)38)40-33(24)46-27-10-6-3-7-11-27/h2,4-5,8-9,12-20,27,31,41H,3,6-7,10-11,21H2,1H3,(H,39,42). The zero-order valence-electron chi connectivity index (χ0n) is 25.4. The highest BCUT2D eigenvalue weighted by atomic mass is 32.2. The Morgan fingerprint density at radius 1 is 0.936 bits per heavy atom. The molecule has 1 amide bonds. The van der Waals surface area contributed by atoms with Gasteiger partial charge in [0.05, 0.1) is 17.9 Å². The number of halogens is 4. The summed E-state index contributed by atoms with van der Waals surface area (Å²) in [6.07, 6.45) is 1.10. The smallest absolute Gasteiger partial charge is 0.433 e.